The molecule has 0 aromatic heterocycles. The highest BCUT2D eigenvalue weighted by Gasteiger charge is 2.23. The summed E-state index contributed by atoms with van der Waals surface area (Å²) in [6.07, 6.45) is 1.04. The number of fused-ring (bicyclic) bond motifs is 1. The van der Waals surface area contributed by atoms with Gasteiger partial charge in [0.15, 0.2) is 0 Å². The zero-order valence-corrected chi connectivity index (χ0v) is 14.3. The maximum Gasteiger partial charge on any atom is 0.223 e. The predicted molar refractivity (Wildman–Crippen MR) is 93.7 cm³/mol. The first-order chi connectivity index (χ1) is 11.6. The number of amides is 1. The Labute approximate surface area is 146 Å². The highest BCUT2D eigenvalue weighted by atomic mass is 35.5. The van der Waals surface area contributed by atoms with Gasteiger partial charge in [0, 0.05) is 17.0 Å². The number of benzene rings is 2. The Morgan fingerprint density at radius 2 is 2.08 bits per heavy atom. The number of carbonyl (C=O) groups is 1. The Balaban J connectivity index is 1.52. The lowest BCUT2D eigenvalue weighted by Gasteiger charge is -2.27. The second kappa shape index (κ2) is 7.58. The van der Waals surface area contributed by atoms with Crippen LogP contribution in [0.25, 0.3) is 0 Å². The van der Waals surface area contributed by atoms with Crippen LogP contribution in [0.15, 0.2) is 42.5 Å². The van der Waals surface area contributed by atoms with E-state index in [0.29, 0.717) is 24.7 Å². The average molecular weight is 346 g/mol. The van der Waals surface area contributed by atoms with Crippen molar-refractivity contribution in [2.24, 2.45) is 0 Å². The number of ether oxygens (including phenoxy) is 2. The second-order valence-electron chi connectivity index (χ2n) is 5.85. The summed E-state index contributed by atoms with van der Waals surface area (Å²) in [5, 5.41) is 3.68. The highest BCUT2D eigenvalue weighted by Crippen LogP contribution is 2.33. The molecule has 1 aliphatic heterocycles. The molecule has 0 aliphatic carbocycles. The molecule has 1 aliphatic rings. The molecule has 0 radical (unpaired) electrons. The summed E-state index contributed by atoms with van der Waals surface area (Å²) < 4.78 is 11.2. The first kappa shape index (κ1) is 16.7. The molecule has 0 saturated heterocycles. The first-order valence-corrected chi connectivity index (χ1v) is 8.41. The van der Waals surface area contributed by atoms with E-state index in [-0.39, 0.29) is 11.9 Å². The Morgan fingerprint density at radius 3 is 2.88 bits per heavy atom. The number of carbonyl (C=O) groups excluding carboxylic acids is 1. The fourth-order valence-electron chi connectivity index (χ4n) is 2.68. The Kier molecular flexibility index (Phi) is 5.26. The second-order valence-corrected chi connectivity index (χ2v) is 6.29. The molecule has 126 valence electrons. The number of halogens is 1. The monoisotopic (exact) mass is 345 g/mol. The summed E-state index contributed by atoms with van der Waals surface area (Å²) in [4.78, 5) is 12.2. The number of aryl methyl sites for hydroxylation is 1. The van der Waals surface area contributed by atoms with Gasteiger partial charge in [-0.25, -0.2) is 0 Å². The van der Waals surface area contributed by atoms with E-state index < -0.39 is 0 Å². The third kappa shape index (κ3) is 4.20. The first-order valence-electron chi connectivity index (χ1n) is 8.03. The summed E-state index contributed by atoms with van der Waals surface area (Å²) in [5.74, 6) is 1.52. The highest BCUT2D eigenvalue weighted by molar-refractivity contribution is 6.30. The fourth-order valence-corrected chi connectivity index (χ4v) is 2.86. The zero-order chi connectivity index (χ0) is 16.9. The summed E-state index contributed by atoms with van der Waals surface area (Å²) in [7, 11) is 0. The molecular formula is C19H20ClNO3. The van der Waals surface area contributed by atoms with Gasteiger partial charge >= 0.3 is 0 Å². The summed E-state index contributed by atoms with van der Waals surface area (Å²) >= 11 is 6.05. The van der Waals surface area contributed by atoms with Crippen molar-refractivity contribution in [2.45, 2.75) is 25.8 Å². The van der Waals surface area contributed by atoms with Crippen LogP contribution in [0.5, 0.6) is 11.5 Å². The van der Waals surface area contributed by atoms with Gasteiger partial charge < -0.3 is 14.8 Å². The number of hydrogen-bond acceptors (Lipinski definition) is 3. The molecule has 1 N–H and O–H groups in total. The van der Waals surface area contributed by atoms with Gasteiger partial charge in [0.2, 0.25) is 5.91 Å². The van der Waals surface area contributed by atoms with E-state index in [0.717, 1.165) is 23.5 Å². The predicted octanol–water partition coefficient (Wildman–Crippen LogP) is 4.06. The molecule has 1 unspecified atom stereocenters. The normalized spacial score (nSPS) is 16.0. The minimum atomic E-state index is -0.0701. The number of nitrogens with one attached hydrogen (secondary N) is 1. The van der Waals surface area contributed by atoms with Crippen LogP contribution in [0.3, 0.4) is 0 Å². The summed E-state index contributed by atoms with van der Waals surface area (Å²) in [6, 6.07) is 13.2. The van der Waals surface area contributed by atoms with Crippen molar-refractivity contribution in [3.63, 3.8) is 0 Å². The maximum absolute atomic E-state index is 12.2. The SMILES string of the molecule is Cc1ccc(OCCC(=O)NC2CCOc3ccc(Cl)cc32)cc1. The molecule has 0 spiro atoms. The minimum Gasteiger partial charge on any atom is -0.493 e. The van der Waals surface area contributed by atoms with Gasteiger partial charge in [0.25, 0.3) is 0 Å². The molecule has 1 heterocycles. The van der Waals surface area contributed by atoms with Crippen molar-refractivity contribution in [2.75, 3.05) is 13.2 Å². The van der Waals surface area contributed by atoms with E-state index in [4.69, 9.17) is 21.1 Å². The number of hydrogen-bond donors (Lipinski definition) is 1. The molecule has 1 atom stereocenters. The molecular weight excluding hydrogens is 326 g/mol. The van der Waals surface area contributed by atoms with Crippen molar-refractivity contribution < 1.29 is 14.3 Å². The van der Waals surface area contributed by atoms with Gasteiger partial charge in [-0.3, -0.25) is 4.79 Å². The molecule has 0 bridgehead atoms. The Bertz CT molecular complexity index is 715. The molecule has 4 nitrogen and oxygen atoms in total. The lowest BCUT2D eigenvalue weighted by atomic mass is 10.0. The smallest absolute Gasteiger partial charge is 0.223 e. The topological polar surface area (TPSA) is 47.6 Å². The van der Waals surface area contributed by atoms with Gasteiger partial charge in [-0.2, -0.15) is 0 Å². The Hall–Kier alpha value is -2.20. The summed E-state index contributed by atoms with van der Waals surface area (Å²) in [5.41, 5.74) is 2.11. The third-order valence-corrected chi connectivity index (χ3v) is 4.20. The van der Waals surface area contributed by atoms with Gasteiger partial charge in [-0.15, -0.1) is 0 Å². The van der Waals surface area contributed by atoms with E-state index in [9.17, 15) is 4.79 Å². The van der Waals surface area contributed by atoms with Crippen molar-refractivity contribution in [3.05, 3.63) is 58.6 Å². The third-order valence-electron chi connectivity index (χ3n) is 3.97. The van der Waals surface area contributed by atoms with E-state index in [2.05, 4.69) is 5.32 Å². The zero-order valence-electron chi connectivity index (χ0n) is 13.5. The maximum atomic E-state index is 12.2. The lowest BCUT2D eigenvalue weighted by molar-refractivity contribution is -0.122. The quantitative estimate of drug-likeness (QED) is 0.889. The van der Waals surface area contributed by atoms with E-state index >= 15 is 0 Å². The van der Waals surface area contributed by atoms with Crippen LogP contribution in [0.4, 0.5) is 0 Å². The largest absolute Gasteiger partial charge is 0.493 e. The van der Waals surface area contributed by atoms with Gasteiger partial charge in [0.1, 0.15) is 11.5 Å². The van der Waals surface area contributed by atoms with E-state index in [1.807, 2.05) is 43.3 Å². The van der Waals surface area contributed by atoms with Crippen LogP contribution < -0.4 is 14.8 Å². The molecule has 3 rings (SSSR count). The molecule has 2 aromatic carbocycles. The molecule has 0 fully saturated rings. The van der Waals surface area contributed by atoms with Gasteiger partial charge in [-0.05, 0) is 37.3 Å². The van der Waals surface area contributed by atoms with Crippen molar-refractivity contribution in [3.8, 4) is 11.5 Å². The van der Waals surface area contributed by atoms with Crippen LogP contribution in [-0.2, 0) is 4.79 Å². The van der Waals surface area contributed by atoms with Crippen LogP contribution in [0.1, 0.15) is 30.0 Å². The molecule has 5 heteroatoms. The van der Waals surface area contributed by atoms with Crippen LogP contribution in [0.2, 0.25) is 5.02 Å². The number of rotatable bonds is 5. The molecule has 2 aromatic rings. The van der Waals surface area contributed by atoms with Gasteiger partial charge in [0.05, 0.1) is 25.7 Å². The van der Waals surface area contributed by atoms with Crippen molar-refractivity contribution in [1.29, 1.82) is 0 Å². The van der Waals surface area contributed by atoms with E-state index in [1.165, 1.54) is 5.56 Å². The minimum absolute atomic E-state index is 0.0417. The van der Waals surface area contributed by atoms with Crippen molar-refractivity contribution >= 4 is 17.5 Å². The van der Waals surface area contributed by atoms with Crippen molar-refractivity contribution in [1.82, 2.24) is 5.32 Å². The fraction of sp³-hybridized carbons (Fsp3) is 0.316. The molecule has 24 heavy (non-hydrogen) atoms. The lowest BCUT2D eigenvalue weighted by Crippen LogP contribution is -2.32. The van der Waals surface area contributed by atoms with Crippen LogP contribution >= 0.6 is 11.6 Å². The average Bonchev–Trinajstić information content (AvgIpc) is 2.57. The van der Waals surface area contributed by atoms with Crippen LogP contribution in [0, 0.1) is 6.92 Å². The van der Waals surface area contributed by atoms with Gasteiger partial charge in [-0.1, -0.05) is 29.3 Å². The molecule has 0 saturated carbocycles. The van der Waals surface area contributed by atoms with E-state index in [1.54, 1.807) is 6.07 Å². The van der Waals surface area contributed by atoms with Crippen LogP contribution in [-0.4, -0.2) is 19.1 Å². The standard InChI is InChI=1S/C19H20ClNO3/c1-13-2-5-15(6-3-13)23-11-9-19(22)21-17-8-10-24-18-7-4-14(20)12-16(17)18/h2-7,12,17H,8-11H2,1H3,(H,21,22). The summed E-state index contributed by atoms with van der Waals surface area (Å²) in [6.45, 7) is 2.95. The Morgan fingerprint density at radius 1 is 1.29 bits per heavy atom. The molecule has 1 amide bonds.